The molecule has 2 aliphatic carbocycles. The Hall–Kier alpha value is -9.44. The van der Waals surface area contributed by atoms with Crippen molar-refractivity contribution in [3.63, 3.8) is 0 Å². The number of allylic oxidation sites excluding steroid dienone is 8. The molecule has 0 radical (unpaired) electrons. The summed E-state index contributed by atoms with van der Waals surface area (Å²) in [5.41, 5.74) is -16.5. The highest BCUT2D eigenvalue weighted by Gasteiger charge is 2.54. The SMILES string of the molecule is [C-]#[N+]c1cc([N+]#[C-])cc(/C(C#N)=C2\C(c3ccccc3)=C(C#N)c3c2c(C(F)(F)F)c2c(c3C(F)(F)F)/C(=C(\C#N)c3cc(C#N)cc(C#N)c3)C(c3ccccc3)=C2C#N)c1. The smallest absolute Gasteiger partial charge is 0.239 e. The van der Waals surface area contributed by atoms with E-state index >= 15 is 26.3 Å². The number of halogens is 6. The molecule has 0 bridgehead atoms. The van der Waals surface area contributed by atoms with Crippen molar-refractivity contribution < 1.29 is 26.3 Å². The van der Waals surface area contributed by atoms with Gasteiger partial charge in [-0.05, 0) is 40.5 Å². The fourth-order valence-corrected chi connectivity index (χ4v) is 7.88. The minimum Gasteiger partial charge on any atom is -0.239 e. The summed E-state index contributed by atoms with van der Waals surface area (Å²) in [6.07, 6.45) is -11.3. The number of alkyl halides is 6. The summed E-state index contributed by atoms with van der Waals surface area (Å²) in [7, 11) is 0. The Bertz CT molecular complexity index is 3040. The maximum atomic E-state index is 16.4. The maximum Gasteiger partial charge on any atom is 0.417 e. The van der Waals surface area contributed by atoms with Crippen molar-refractivity contribution in [1.29, 1.82) is 31.6 Å². The average molecular weight is 819 g/mol. The van der Waals surface area contributed by atoms with Crippen LogP contribution in [0.2, 0.25) is 0 Å². The van der Waals surface area contributed by atoms with Gasteiger partial charge in [0.1, 0.15) is 24.3 Å². The summed E-state index contributed by atoms with van der Waals surface area (Å²) in [5.74, 6) is 0. The van der Waals surface area contributed by atoms with Crippen LogP contribution in [0.1, 0.15) is 66.8 Å². The standard InChI is InChI=1S/C48H16F6N8/c1-61-31-16-30(17-32(18-31)62-2)34(22-58)40-38(28-11-7-4-8-12-28)36(24-60)42-44(40)46(48(52,53)54)41-35(23-59)37(27-9-5-3-6-10-27)39(43(41)45(42)47(49,50)51)33(21-57)29-14-25(19-55)13-26(15-29)20-56/h3-18H/b39-33+,40-34+. The Balaban J connectivity index is 1.87. The van der Waals surface area contributed by atoms with Crippen molar-refractivity contribution in [2.75, 3.05) is 0 Å². The second-order valence-corrected chi connectivity index (χ2v) is 13.4. The number of hydrogen-bond donors (Lipinski definition) is 0. The molecule has 8 nitrogen and oxygen atoms in total. The lowest BCUT2D eigenvalue weighted by Gasteiger charge is -2.25. The molecule has 0 atom stereocenters. The Morgan fingerprint density at radius 1 is 0.468 bits per heavy atom. The van der Waals surface area contributed by atoms with Crippen LogP contribution in [0.4, 0.5) is 37.7 Å². The molecule has 0 unspecified atom stereocenters. The van der Waals surface area contributed by atoms with E-state index in [1.165, 1.54) is 60.7 Å². The Kier molecular flexibility index (Phi) is 10.1. The normalized spacial score (nSPS) is 14.4. The van der Waals surface area contributed by atoms with Gasteiger partial charge in [0.2, 0.25) is 0 Å². The summed E-state index contributed by atoms with van der Waals surface area (Å²) < 4.78 is 98.3. The number of nitriles is 6. The van der Waals surface area contributed by atoms with E-state index in [0.717, 1.165) is 36.4 Å². The van der Waals surface area contributed by atoms with Crippen molar-refractivity contribution in [2.45, 2.75) is 12.4 Å². The number of hydrogen-bond acceptors (Lipinski definition) is 6. The van der Waals surface area contributed by atoms with Gasteiger partial charge in [-0.15, -0.1) is 0 Å². The molecule has 0 aliphatic heterocycles. The van der Waals surface area contributed by atoms with E-state index < -0.39 is 90.3 Å². The van der Waals surface area contributed by atoms with Gasteiger partial charge in [-0.1, -0.05) is 78.9 Å². The van der Waals surface area contributed by atoms with Gasteiger partial charge < -0.3 is 0 Å². The highest BCUT2D eigenvalue weighted by molar-refractivity contribution is 6.36. The molecule has 2 aliphatic rings. The van der Waals surface area contributed by atoms with Crippen LogP contribution in [0.3, 0.4) is 0 Å². The van der Waals surface area contributed by atoms with Gasteiger partial charge in [0.05, 0.1) is 69.8 Å². The summed E-state index contributed by atoms with van der Waals surface area (Å²) in [5, 5.41) is 63.1. The lowest BCUT2D eigenvalue weighted by atomic mass is 9.80. The first-order valence-corrected chi connectivity index (χ1v) is 17.7. The fraction of sp³-hybridized carbons (Fsp3) is 0.0417. The molecule has 0 fully saturated rings. The van der Waals surface area contributed by atoms with Crippen LogP contribution < -0.4 is 0 Å². The fourth-order valence-electron chi connectivity index (χ4n) is 7.88. The third-order valence-electron chi connectivity index (χ3n) is 10.1. The molecule has 0 N–H and O–H groups in total. The van der Waals surface area contributed by atoms with Gasteiger partial charge in [0, 0.05) is 44.5 Å². The number of fused-ring (bicyclic) bond motifs is 2. The van der Waals surface area contributed by atoms with Gasteiger partial charge in [-0.3, -0.25) is 0 Å². The van der Waals surface area contributed by atoms with Crippen LogP contribution in [-0.2, 0) is 12.4 Å². The van der Waals surface area contributed by atoms with Gasteiger partial charge in [0.15, 0.2) is 11.4 Å². The maximum absolute atomic E-state index is 16.4. The molecular formula is C48H16F6N8. The van der Waals surface area contributed by atoms with E-state index in [1.54, 1.807) is 36.4 Å². The average Bonchev–Trinajstić information content (AvgIpc) is 3.78. The molecule has 5 aromatic carbocycles. The van der Waals surface area contributed by atoms with E-state index in [9.17, 15) is 31.6 Å². The lowest BCUT2D eigenvalue weighted by molar-refractivity contribution is -0.141. The van der Waals surface area contributed by atoms with Crippen LogP contribution in [0.25, 0.3) is 54.3 Å². The highest BCUT2D eigenvalue weighted by atomic mass is 19.4. The van der Waals surface area contributed by atoms with Gasteiger partial charge in [-0.2, -0.15) is 57.9 Å². The summed E-state index contributed by atoms with van der Waals surface area (Å²) in [6, 6.07) is 30.9. The summed E-state index contributed by atoms with van der Waals surface area (Å²) in [4.78, 5) is 6.59. The van der Waals surface area contributed by atoms with E-state index in [2.05, 4.69) is 9.69 Å². The molecule has 0 saturated heterocycles. The molecule has 5 aromatic rings. The second kappa shape index (κ2) is 15.4. The van der Waals surface area contributed by atoms with Crippen LogP contribution >= 0.6 is 0 Å². The number of benzene rings is 5. The van der Waals surface area contributed by atoms with Crippen molar-refractivity contribution in [1.82, 2.24) is 0 Å². The van der Waals surface area contributed by atoms with Crippen LogP contribution in [0.15, 0.2) is 97.1 Å². The minimum absolute atomic E-state index is 0.0806. The Morgan fingerprint density at radius 3 is 1.15 bits per heavy atom. The zero-order valence-electron chi connectivity index (χ0n) is 31.1. The third-order valence-corrected chi connectivity index (χ3v) is 10.1. The van der Waals surface area contributed by atoms with E-state index in [1.807, 2.05) is 0 Å². The molecule has 62 heavy (non-hydrogen) atoms. The van der Waals surface area contributed by atoms with Crippen molar-refractivity contribution in [2.24, 2.45) is 0 Å². The van der Waals surface area contributed by atoms with Gasteiger partial charge >= 0.3 is 12.4 Å². The topological polar surface area (TPSA) is 151 Å². The summed E-state index contributed by atoms with van der Waals surface area (Å²) in [6.45, 7) is 15.2. The largest absolute Gasteiger partial charge is 0.417 e. The van der Waals surface area contributed by atoms with Crippen LogP contribution in [0.5, 0.6) is 0 Å². The number of rotatable bonds is 4. The quantitative estimate of drug-likeness (QED) is 0.1000. The van der Waals surface area contributed by atoms with Gasteiger partial charge in [0.25, 0.3) is 0 Å². The first kappa shape index (κ1) is 40.7. The Labute approximate surface area is 348 Å². The van der Waals surface area contributed by atoms with Crippen LogP contribution in [0, 0.1) is 81.1 Å². The second-order valence-electron chi connectivity index (χ2n) is 13.4. The van der Waals surface area contributed by atoms with E-state index in [0.29, 0.717) is 0 Å². The molecular weight excluding hydrogens is 803 g/mol. The Morgan fingerprint density at radius 2 is 0.839 bits per heavy atom. The van der Waals surface area contributed by atoms with Crippen LogP contribution in [-0.4, -0.2) is 0 Å². The van der Waals surface area contributed by atoms with Crippen molar-refractivity contribution in [3.8, 4) is 36.4 Å². The molecule has 290 valence electrons. The molecule has 14 heteroatoms. The molecule has 0 aromatic heterocycles. The summed E-state index contributed by atoms with van der Waals surface area (Å²) >= 11 is 0. The molecule has 0 saturated carbocycles. The van der Waals surface area contributed by atoms with E-state index in [-0.39, 0.29) is 44.8 Å². The van der Waals surface area contributed by atoms with E-state index in [4.69, 9.17) is 13.1 Å². The molecule has 0 heterocycles. The molecule has 0 amide bonds. The van der Waals surface area contributed by atoms with Crippen molar-refractivity contribution >= 4 is 56.0 Å². The molecule has 0 spiro atoms. The van der Waals surface area contributed by atoms with Gasteiger partial charge in [-0.25, -0.2) is 9.69 Å². The molecule has 7 rings (SSSR count). The lowest BCUT2D eigenvalue weighted by Crippen LogP contribution is -2.20. The highest BCUT2D eigenvalue weighted by Crippen LogP contribution is 2.63. The first-order chi connectivity index (χ1) is 29.7. The predicted octanol–water partition coefficient (Wildman–Crippen LogP) is 12.3. The zero-order valence-corrected chi connectivity index (χ0v) is 31.1. The van der Waals surface area contributed by atoms with Crippen molar-refractivity contribution in [3.05, 3.63) is 187 Å². The monoisotopic (exact) mass is 818 g/mol. The third kappa shape index (κ3) is 6.47. The predicted molar refractivity (Wildman–Crippen MR) is 214 cm³/mol. The zero-order chi connectivity index (χ0) is 44.7. The first-order valence-electron chi connectivity index (χ1n) is 17.7. The number of nitrogens with zero attached hydrogens (tertiary/aromatic N) is 8. The minimum atomic E-state index is -5.67.